The van der Waals surface area contributed by atoms with E-state index in [1.54, 1.807) is 10.5 Å². The Hall–Kier alpha value is -1.49. The third-order valence-corrected chi connectivity index (χ3v) is 2.48. The molecule has 2 aromatic rings. The summed E-state index contributed by atoms with van der Waals surface area (Å²) >= 11 is 4.13. The van der Waals surface area contributed by atoms with E-state index in [2.05, 4.69) is 17.6 Å². The van der Waals surface area contributed by atoms with Crippen LogP contribution in [0.5, 0.6) is 0 Å². The van der Waals surface area contributed by atoms with Crippen LogP contribution >= 0.6 is 12.6 Å². The number of rotatable bonds is 2. The molecule has 0 saturated heterocycles. The average Bonchev–Trinajstić information content (AvgIpc) is 2.55. The van der Waals surface area contributed by atoms with Gasteiger partial charge < -0.3 is 9.51 Å². The van der Waals surface area contributed by atoms with Crippen molar-refractivity contribution in [2.75, 3.05) is 0 Å². The van der Waals surface area contributed by atoms with Gasteiger partial charge in [-0.25, -0.2) is 9.78 Å². The average molecular weight is 222 g/mol. The Labute approximate surface area is 92.0 Å². The van der Waals surface area contributed by atoms with Crippen LogP contribution in [0.15, 0.2) is 18.3 Å². The standard InChI is InChI=1S/C10H10N2O2S/c1-6-2-3-7-9(10(13)14)11-8(5-15)12(7)4-6/h2-4,15H,5H2,1H3,(H,13,14). The summed E-state index contributed by atoms with van der Waals surface area (Å²) in [5.41, 5.74) is 1.75. The SMILES string of the molecule is Cc1ccc2c(C(=O)O)nc(CS)n2c1. The number of aromatic carboxylic acids is 1. The summed E-state index contributed by atoms with van der Waals surface area (Å²) in [5, 5.41) is 8.96. The third-order valence-electron chi connectivity index (χ3n) is 2.20. The predicted octanol–water partition coefficient (Wildman–Crippen LogP) is 1.77. The van der Waals surface area contributed by atoms with Gasteiger partial charge >= 0.3 is 5.97 Å². The lowest BCUT2D eigenvalue weighted by Crippen LogP contribution is -1.97. The predicted molar refractivity (Wildman–Crippen MR) is 59.6 cm³/mol. The lowest BCUT2D eigenvalue weighted by atomic mass is 10.2. The molecule has 0 atom stereocenters. The monoisotopic (exact) mass is 222 g/mol. The van der Waals surface area contributed by atoms with E-state index in [9.17, 15) is 4.79 Å². The van der Waals surface area contributed by atoms with E-state index in [0.717, 1.165) is 5.56 Å². The third kappa shape index (κ3) is 1.59. The number of carbonyl (C=O) groups is 1. The Balaban J connectivity index is 2.81. The molecular weight excluding hydrogens is 212 g/mol. The van der Waals surface area contributed by atoms with Gasteiger partial charge in [-0.3, -0.25) is 0 Å². The lowest BCUT2D eigenvalue weighted by Gasteiger charge is -1.99. The molecule has 0 unspecified atom stereocenters. The van der Waals surface area contributed by atoms with Crippen LogP contribution in [-0.2, 0) is 5.75 Å². The Bertz CT molecular complexity index is 533. The molecule has 1 N–H and O–H groups in total. The van der Waals surface area contributed by atoms with Crippen LogP contribution in [0.2, 0.25) is 0 Å². The first kappa shape index (κ1) is 10.0. The van der Waals surface area contributed by atoms with E-state index in [4.69, 9.17) is 5.11 Å². The maximum absolute atomic E-state index is 10.9. The van der Waals surface area contributed by atoms with Crippen LogP contribution in [0, 0.1) is 6.92 Å². The zero-order valence-electron chi connectivity index (χ0n) is 8.14. The molecule has 5 heteroatoms. The number of nitrogens with zero attached hydrogens (tertiary/aromatic N) is 2. The van der Waals surface area contributed by atoms with Crippen molar-refractivity contribution >= 4 is 24.1 Å². The van der Waals surface area contributed by atoms with Crippen molar-refractivity contribution in [3.63, 3.8) is 0 Å². The fourth-order valence-corrected chi connectivity index (χ4v) is 1.75. The van der Waals surface area contributed by atoms with Gasteiger partial charge in [0.1, 0.15) is 5.82 Å². The molecule has 2 aromatic heterocycles. The summed E-state index contributed by atoms with van der Waals surface area (Å²) in [5.74, 6) is 0.0524. The summed E-state index contributed by atoms with van der Waals surface area (Å²) in [4.78, 5) is 15.0. The molecule has 2 heterocycles. The second kappa shape index (κ2) is 3.58. The molecule has 4 nitrogen and oxygen atoms in total. The van der Waals surface area contributed by atoms with Gasteiger partial charge in [0.15, 0.2) is 5.69 Å². The van der Waals surface area contributed by atoms with Crippen molar-refractivity contribution in [2.24, 2.45) is 0 Å². The highest BCUT2D eigenvalue weighted by atomic mass is 32.1. The molecule has 0 spiro atoms. The number of carboxylic acid groups (broad SMARTS) is 1. The van der Waals surface area contributed by atoms with Crippen LogP contribution in [0.1, 0.15) is 21.9 Å². The van der Waals surface area contributed by atoms with Gasteiger partial charge in [0, 0.05) is 11.9 Å². The smallest absolute Gasteiger partial charge is 0.356 e. The van der Waals surface area contributed by atoms with E-state index < -0.39 is 5.97 Å². The fourth-order valence-electron chi connectivity index (χ4n) is 1.52. The molecule has 0 aliphatic carbocycles. The summed E-state index contributed by atoms with van der Waals surface area (Å²) in [7, 11) is 0. The molecule has 0 amide bonds. The number of hydrogen-bond donors (Lipinski definition) is 2. The quantitative estimate of drug-likeness (QED) is 0.761. The van der Waals surface area contributed by atoms with Crippen molar-refractivity contribution in [3.8, 4) is 0 Å². The number of aryl methyl sites for hydroxylation is 1. The van der Waals surface area contributed by atoms with Crippen molar-refractivity contribution in [1.82, 2.24) is 9.38 Å². The summed E-state index contributed by atoms with van der Waals surface area (Å²) in [6.07, 6.45) is 1.86. The second-order valence-electron chi connectivity index (χ2n) is 3.30. The van der Waals surface area contributed by atoms with Crippen LogP contribution in [0.25, 0.3) is 5.52 Å². The molecule has 78 valence electrons. The first-order valence-electron chi connectivity index (χ1n) is 4.45. The Morgan fingerprint density at radius 2 is 2.33 bits per heavy atom. The number of pyridine rings is 1. The molecule has 15 heavy (non-hydrogen) atoms. The first-order chi connectivity index (χ1) is 7.13. The molecule has 0 aliphatic heterocycles. The van der Waals surface area contributed by atoms with Crippen molar-refractivity contribution in [2.45, 2.75) is 12.7 Å². The molecule has 0 aliphatic rings. The van der Waals surface area contributed by atoms with Gasteiger partial charge in [0.2, 0.25) is 0 Å². The Morgan fingerprint density at radius 3 is 2.93 bits per heavy atom. The van der Waals surface area contributed by atoms with E-state index in [-0.39, 0.29) is 5.69 Å². The highest BCUT2D eigenvalue weighted by Gasteiger charge is 2.15. The number of carboxylic acids is 1. The first-order valence-corrected chi connectivity index (χ1v) is 5.08. The van der Waals surface area contributed by atoms with Gasteiger partial charge in [0.25, 0.3) is 0 Å². The molecule has 0 fully saturated rings. The molecular formula is C10H10N2O2S. The number of imidazole rings is 1. The van der Waals surface area contributed by atoms with Crippen molar-refractivity contribution < 1.29 is 9.90 Å². The minimum atomic E-state index is -1.01. The van der Waals surface area contributed by atoms with Crippen LogP contribution in [0.3, 0.4) is 0 Å². The minimum Gasteiger partial charge on any atom is -0.476 e. The zero-order valence-corrected chi connectivity index (χ0v) is 9.03. The van der Waals surface area contributed by atoms with Crippen LogP contribution in [0.4, 0.5) is 0 Å². The van der Waals surface area contributed by atoms with Crippen molar-refractivity contribution in [1.29, 1.82) is 0 Å². The fraction of sp³-hybridized carbons (Fsp3) is 0.200. The maximum Gasteiger partial charge on any atom is 0.356 e. The van der Waals surface area contributed by atoms with Gasteiger partial charge in [-0.15, -0.1) is 0 Å². The normalized spacial score (nSPS) is 10.8. The second-order valence-corrected chi connectivity index (χ2v) is 3.62. The highest BCUT2D eigenvalue weighted by Crippen LogP contribution is 2.15. The summed E-state index contributed by atoms with van der Waals surface area (Å²) in [6.45, 7) is 1.95. The van der Waals surface area contributed by atoms with Crippen molar-refractivity contribution in [3.05, 3.63) is 35.4 Å². The van der Waals surface area contributed by atoms with E-state index in [0.29, 0.717) is 17.1 Å². The highest BCUT2D eigenvalue weighted by molar-refractivity contribution is 7.79. The molecule has 0 radical (unpaired) electrons. The number of fused-ring (bicyclic) bond motifs is 1. The number of aromatic nitrogens is 2. The Morgan fingerprint density at radius 1 is 1.60 bits per heavy atom. The van der Waals surface area contributed by atoms with E-state index >= 15 is 0 Å². The van der Waals surface area contributed by atoms with Gasteiger partial charge in [0.05, 0.1) is 5.52 Å². The minimum absolute atomic E-state index is 0.0825. The summed E-state index contributed by atoms with van der Waals surface area (Å²) in [6, 6.07) is 3.63. The molecule has 2 rings (SSSR count). The van der Waals surface area contributed by atoms with E-state index in [1.807, 2.05) is 19.2 Å². The zero-order chi connectivity index (χ0) is 11.0. The summed E-state index contributed by atoms with van der Waals surface area (Å²) < 4.78 is 1.77. The van der Waals surface area contributed by atoms with Crippen LogP contribution < -0.4 is 0 Å². The molecule has 0 saturated carbocycles. The van der Waals surface area contributed by atoms with Gasteiger partial charge in [-0.1, -0.05) is 6.07 Å². The molecule has 0 bridgehead atoms. The van der Waals surface area contributed by atoms with Gasteiger partial charge in [-0.05, 0) is 18.6 Å². The van der Waals surface area contributed by atoms with Crippen LogP contribution in [-0.4, -0.2) is 20.5 Å². The van der Waals surface area contributed by atoms with Gasteiger partial charge in [-0.2, -0.15) is 12.6 Å². The topological polar surface area (TPSA) is 54.6 Å². The van der Waals surface area contributed by atoms with E-state index in [1.165, 1.54) is 0 Å². The Kier molecular flexibility index (Phi) is 2.40. The molecule has 0 aromatic carbocycles. The number of thiol groups is 1. The number of hydrogen-bond acceptors (Lipinski definition) is 3. The maximum atomic E-state index is 10.9. The lowest BCUT2D eigenvalue weighted by molar-refractivity contribution is 0.0693. The largest absolute Gasteiger partial charge is 0.476 e.